The van der Waals surface area contributed by atoms with Gasteiger partial charge in [0.2, 0.25) is 10.0 Å². The molecule has 4 aromatic rings. The minimum atomic E-state index is -3.32. The first kappa shape index (κ1) is 25.7. The Balaban J connectivity index is 1.08. The lowest BCUT2D eigenvalue weighted by molar-refractivity contribution is 0.170. The highest BCUT2D eigenvalue weighted by molar-refractivity contribution is 7.89. The molecule has 0 spiro atoms. The van der Waals surface area contributed by atoms with Crippen LogP contribution in [0.1, 0.15) is 31.2 Å². The van der Waals surface area contributed by atoms with Crippen molar-refractivity contribution in [2.45, 2.75) is 31.8 Å². The maximum atomic E-state index is 12.4. The summed E-state index contributed by atoms with van der Waals surface area (Å²) in [6, 6.07) is 14.5. The highest BCUT2D eigenvalue weighted by atomic mass is 32.2. The van der Waals surface area contributed by atoms with Gasteiger partial charge >= 0.3 is 0 Å². The second kappa shape index (κ2) is 10.9. The molecule has 4 heterocycles. The van der Waals surface area contributed by atoms with Crippen molar-refractivity contribution >= 4 is 63.8 Å². The van der Waals surface area contributed by atoms with Gasteiger partial charge in [0.25, 0.3) is 5.19 Å². The molecule has 1 fully saturated rings. The quantitative estimate of drug-likeness (QED) is 0.327. The van der Waals surface area contributed by atoms with E-state index in [0.717, 1.165) is 57.9 Å². The Labute approximate surface area is 230 Å². The van der Waals surface area contributed by atoms with Gasteiger partial charge in [0.1, 0.15) is 6.10 Å². The van der Waals surface area contributed by atoms with Crippen LogP contribution < -0.4 is 9.64 Å². The molecule has 0 radical (unpaired) electrons. The molecule has 1 saturated heterocycles. The van der Waals surface area contributed by atoms with Crippen molar-refractivity contribution in [3.8, 4) is 5.19 Å². The molecule has 0 aliphatic carbocycles. The van der Waals surface area contributed by atoms with Crippen molar-refractivity contribution in [3.63, 3.8) is 0 Å². The first-order valence-corrected chi connectivity index (χ1v) is 16.2. The summed E-state index contributed by atoms with van der Waals surface area (Å²) in [5, 5.41) is 10.8. The van der Waals surface area contributed by atoms with Crippen LogP contribution in [0.4, 0.5) is 5.13 Å². The minimum absolute atomic E-state index is 0.0106. The number of fused-ring (bicyclic) bond motifs is 2. The van der Waals surface area contributed by atoms with Gasteiger partial charge < -0.3 is 14.7 Å². The zero-order valence-corrected chi connectivity index (χ0v) is 23.4. The van der Waals surface area contributed by atoms with Crippen LogP contribution in [-0.2, 0) is 10.0 Å². The van der Waals surface area contributed by atoms with Crippen LogP contribution in [0.3, 0.4) is 0 Å². The Morgan fingerprint density at radius 1 is 1.00 bits per heavy atom. The van der Waals surface area contributed by atoms with Crippen LogP contribution in [0.15, 0.2) is 48.5 Å². The number of ether oxygens (including phenoxy) is 1. The minimum Gasteiger partial charge on any atom is -0.467 e. The first-order chi connectivity index (χ1) is 18.5. The predicted octanol–water partition coefficient (Wildman–Crippen LogP) is 4.76. The zero-order chi connectivity index (χ0) is 26.1. The van der Waals surface area contributed by atoms with Crippen molar-refractivity contribution in [2.24, 2.45) is 0 Å². The van der Waals surface area contributed by atoms with Gasteiger partial charge in [-0.15, -0.1) is 0 Å². The second-order valence-electron chi connectivity index (χ2n) is 9.66. The number of thiazole rings is 2. The van der Waals surface area contributed by atoms with E-state index in [9.17, 15) is 8.42 Å². The van der Waals surface area contributed by atoms with Crippen molar-refractivity contribution in [1.82, 2.24) is 14.3 Å². The lowest BCUT2D eigenvalue weighted by Gasteiger charge is -2.31. The summed E-state index contributed by atoms with van der Waals surface area (Å²) in [5.41, 5.74) is 4.23. The topological polar surface area (TPSA) is 95.9 Å². The Bertz CT molecular complexity index is 1540. The lowest BCUT2D eigenvalue weighted by atomic mass is 10.0. The third-order valence-electron chi connectivity index (χ3n) is 7.13. The fourth-order valence-electron chi connectivity index (χ4n) is 5.00. The Morgan fingerprint density at radius 2 is 1.82 bits per heavy atom. The standard InChI is InChI=1S/C27H30N4O4S3/c32-16-3-17-38(33,34)31-14-8-19(9-15-31)20-6-7-23-25(18-20)37-27(29-23)35-21-10-12-30(13-11-21)26-28-22-4-1-2-5-24(22)36-26/h1-2,4-8,18,21,32H,3,9-17H2. The number of rotatable bonds is 8. The Morgan fingerprint density at radius 3 is 2.58 bits per heavy atom. The van der Waals surface area contributed by atoms with Crippen molar-refractivity contribution < 1.29 is 18.3 Å². The first-order valence-electron chi connectivity index (χ1n) is 12.9. The van der Waals surface area contributed by atoms with E-state index in [4.69, 9.17) is 19.8 Å². The van der Waals surface area contributed by atoms with E-state index in [1.807, 2.05) is 18.2 Å². The van der Waals surface area contributed by atoms with E-state index in [0.29, 0.717) is 24.7 Å². The van der Waals surface area contributed by atoms with Crippen LogP contribution in [0.5, 0.6) is 5.19 Å². The van der Waals surface area contributed by atoms with Crippen LogP contribution in [0.25, 0.3) is 26.0 Å². The van der Waals surface area contributed by atoms with Gasteiger partial charge in [0, 0.05) is 45.6 Å². The SMILES string of the molecule is O=S(=O)(CCCO)N1CC=C(c2ccc3nc(OC4CCN(c5nc6ccccc6s5)CC4)sc3c2)CC1. The molecule has 0 atom stereocenters. The molecule has 2 aliphatic heterocycles. The third-order valence-corrected chi connectivity index (χ3v) is 11.1. The summed E-state index contributed by atoms with van der Waals surface area (Å²) < 4.78 is 34.9. The molecular weight excluding hydrogens is 541 g/mol. The Kier molecular flexibility index (Phi) is 7.37. The molecule has 200 valence electrons. The molecule has 38 heavy (non-hydrogen) atoms. The van der Waals surface area contributed by atoms with Gasteiger partial charge in [-0.25, -0.2) is 18.4 Å². The van der Waals surface area contributed by atoms with Gasteiger partial charge in [-0.1, -0.05) is 46.9 Å². The molecule has 0 amide bonds. The fraction of sp³-hybridized carbons (Fsp3) is 0.407. The molecule has 11 heteroatoms. The van der Waals surface area contributed by atoms with E-state index in [-0.39, 0.29) is 24.9 Å². The molecular formula is C27H30N4O4S3. The number of sulfonamides is 1. The van der Waals surface area contributed by atoms with Gasteiger partial charge in [-0.3, -0.25) is 0 Å². The number of aliphatic hydroxyl groups is 1. The molecule has 2 aromatic carbocycles. The highest BCUT2D eigenvalue weighted by Crippen LogP contribution is 2.35. The number of aliphatic hydroxyl groups excluding tert-OH is 1. The number of benzene rings is 2. The van der Waals surface area contributed by atoms with Crippen molar-refractivity contribution in [1.29, 1.82) is 0 Å². The monoisotopic (exact) mass is 570 g/mol. The molecule has 0 unspecified atom stereocenters. The van der Waals surface area contributed by atoms with Crippen LogP contribution in [0.2, 0.25) is 0 Å². The average molecular weight is 571 g/mol. The summed E-state index contributed by atoms with van der Waals surface area (Å²) in [4.78, 5) is 11.9. The summed E-state index contributed by atoms with van der Waals surface area (Å²) in [5.74, 6) is -0.0106. The van der Waals surface area contributed by atoms with Gasteiger partial charge in [0.15, 0.2) is 5.13 Å². The predicted molar refractivity (Wildman–Crippen MR) is 155 cm³/mol. The number of para-hydroxylation sites is 1. The number of nitrogens with zero attached hydrogens (tertiary/aromatic N) is 4. The van der Waals surface area contributed by atoms with E-state index in [1.54, 1.807) is 22.7 Å². The third kappa shape index (κ3) is 5.43. The normalized spacial score (nSPS) is 17.8. The van der Waals surface area contributed by atoms with E-state index in [2.05, 4.69) is 35.2 Å². The summed E-state index contributed by atoms with van der Waals surface area (Å²) >= 11 is 3.32. The molecule has 2 aromatic heterocycles. The smallest absolute Gasteiger partial charge is 0.274 e. The van der Waals surface area contributed by atoms with Crippen LogP contribution >= 0.6 is 22.7 Å². The molecule has 0 saturated carbocycles. The van der Waals surface area contributed by atoms with Gasteiger partial charge in [-0.05, 0) is 48.2 Å². The molecule has 6 rings (SSSR count). The molecule has 0 bridgehead atoms. The largest absolute Gasteiger partial charge is 0.467 e. The summed E-state index contributed by atoms with van der Waals surface area (Å²) in [7, 11) is -3.32. The van der Waals surface area contributed by atoms with E-state index >= 15 is 0 Å². The number of hydrogen-bond donors (Lipinski definition) is 1. The van der Waals surface area contributed by atoms with Gasteiger partial charge in [-0.2, -0.15) is 4.31 Å². The zero-order valence-electron chi connectivity index (χ0n) is 21.0. The number of anilines is 1. The molecule has 8 nitrogen and oxygen atoms in total. The van der Waals surface area contributed by atoms with E-state index < -0.39 is 10.0 Å². The number of aromatic nitrogens is 2. The Hall–Kier alpha value is -2.57. The molecule has 1 N–H and O–H groups in total. The lowest BCUT2D eigenvalue weighted by Crippen LogP contribution is -2.38. The van der Waals surface area contributed by atoms with Gasteiger partial charge in [0.05, 0.1) is 26.2 Å². The second-order valence-corrected chi connectivity index (χ2v) is 13.8. The highest BCUT2D eigenvalue weighted by Gasteiger charge is 2.25. The fourth-order valence-corrected chi connectivity index (χ4v) is 8.36. The maximum absolute atomic E-state index is 12.4. The number of hydrogen-bond acceptors (Lipinski definition) is 9. The maximum Gasteiger partial charge on any atom is 0.274 e. The number of piperidine rings is 1. The van der Waals surface area contributed by atoms with E-state index in [1.165, 1.54) is 9.01 Å². The average Bonchev–Trinajstić information content (AvgIpc) is 3.56. The summed E-state index contributed by atoms with van der Waals surface area (Å²) in [6.07, 6.45) is 4.94. The summed E-state index contributed by atoms with van der Waals surface area (Å²) in [6.45, 7) is 2.55. The van der Waals surface area contributed by atoms with Crippen LogP contribution in [0, 0.1) is 0 Å². The molecule has 2 aliphatic rings. The van der Waals surface area contributed by atoms with Crippen LogP contribution in [-0.4, -0.2) is 72.4 Å². The van der Waals surface area contributed by atoms with Crippen molar-refractivity contribution in [3.05, 3.63) is 54.1 Å². The van der Waals surface area contributed by atoms with Crippen molar-refractivity contribution in [2.75, 3.05) is 43.4 Å².